The van der Waals surface area contributed by atoms with Crippen molar-refractivity contribution in [3.05, 3.63) is 66.2 Å². The number of alkyl halides is 3. The van der Waals surface area contributed by atoms with Gasteiger partial charge in [0.15, 0.2) is 12.5 Å². The summed E-state index contributed by atoms with van der Waals surface area (Å²) in [5.41, 5.74) is 0.900. The molecule has 26 heavy (non-hydrogen) atoms. The van der Waals surface area contributed by atoms with Crippen molar-refractivity contribution in [1.29, 1.82) is 0 Å². The topological polar surface area (TPSA) is 59.0 Å². The zero-order valence-electron chi connectivity index (χ0n) is 13.3. The Hall–Kier alpha value is -3.16. The van der Waals surface area contributed by atoms with Gasteiger partial charge in [-0.25, -0.2) is 0 Å². The van der Waals surface area contributed by atoms with Crippen LogP contribution < -0.4 is 5.01 Å². The lowest BCUT2D eigenvalue weighted by atomic mass is 9.97. The number of benzene rings is 2. The Labute approximate surface area is 146 Å². The molecule has 0 saturated heterocycles. The van der Waals surface area contributed by atoms with Crippen molar-refractivity contribution >= 4 is 23.3 Å². The van der Waals surface area contributed by atoms with Crippen LogP contribution in [0.4, 0.5) is 18.9 Å². The molecule has 1 aliphatic rings. The Morgan fingerprint density at radius 1 is 1.04 bits per heavy atom. The largest absolute Gasteiger partial charge is 0.455 e. The van der Waals surface area contributed by atoms with Crippen LogP contribution in [0.2, 0.25) is 0 Å². The first-order chi connectivity index (χ1) is 12.4. The zero-order chi connectivity index (χ0) is 18.7. The van der Waals surface area contributed by atoms with Crippen molar-refractivity contribution in [1.82, 2.24) is 0 Å². The molecule has 0 radical (unpaired) electrons. The lowest BCUT2D eigenvalue weighted by molar-refractivity contribution is -0.187. The normalized spacial score (nSPS) is 17.2. The lowest BCUT2D eigenvalue weighted by Crippen LogP contribution is -2.36. The third-order valence-electron chi connectivity index (χ3n) is 3.62. The Kier molecular flexibility index (Phi) is 4.75. The van der Waals surface area contributed by atoms with Crippen LogP contribution in [0.3, 0.4) is 0 Å². The minimum absolute atomic E-state index is 0.0478. The Balaban J connectivity index is 1.95. The summed E-state index contributed by atoms with van der Waals surface area (Å²) in [5.74, 6) is -3.60. The summed E-state index contributed by atoms with van der Waals surface area (Å²) >= 11 is 0. The molecule has 134 valence electrons. The zero-order valence-corrected chi connectivity index (χ0v) is 13.3. The molecule has 0 saturated carbocycles. The first kappa shape index (κ1) is 17.7. The van der Waals surface area contributed by atoms with Crippen molar-refractivity contribution < 1.29 is 27.5 Å². The maximum absolute atomic E-state index is 12.7. The standard InChI is InChI=1S/C18H13F3N2O3/c19-18(20,21)11-26-17(25)14-15(12-7-3-1-4-8-12)22-23(16(14)24)13-9-5-2-6-10-13/h1-10,14H,11H2. The van der Waals surface area contributed by atoms with E-state index in [1.54, 1.807) is 60.7 Å². The van der Waals surface area contributed by atoms with E-state index in [4.69, 9.17) is 0 Å². The second kappa shape index (κ2) is 6.99. The molecule has 0 fully saturated rings. The molecule has 2 aromatic rings. The van der Waals surface area contributed by atoms with E-state index in [2.05, 4.69) is 9.84 Å². The van der Waals surface area contributed by atoms with E-state index < -0.39 is 30.6 Å². The average Bonchev–Trinajstić information content (AvgIpc) is 2.98. The van der Waals surface area contributed by atoms with Crippen molar-refractivity contribution in [3.63, 3.8) is 0 Å². The van der Waals surface area contributed by atoms with Gasteiger partial charge in [-0.3, -0.25) is 9.59 Å². The van der Waals surface area contributed by atoms with Crippen molar-refractivity contribution in [2.75, 3.05) is 11.6 Å². The molecule has 0 bridgehead atoms. The number of hydrogen-bond acceptors (Lipinski definition) is 4. The number of halogens is 3. The number of para-hydroxylation sites is 1. The van der Waals surface area contributed by atoms with Gasteiger partial charge in [0.25, 0.3) is 5.91 Å². The van der Waals surface area contributed by atoms with Gasteiger partial charge in [-0.2, -0.15) is 23.3 Å². The first-order valence-electron chi connectivity index (χ1n) is 7.63. The average molecular weight is 362 g/mol. The van der Waals surface area contributed by atoms with Crippen molar-refractivity contribution in [3.8, 4) is 0 Å². The summed E-state index contributed by atoms with van der Waals surface area (Å²) in [6.45, 7) is -1.76. The van der Waals surface area contributed by atoms with E-state index in [1.807, 2.05) is 0 Å². The van der Waals surface area contributed by atoms with Gasteiger partial charge in [0.05, 0.1) is 11.4 Å². The summed E-state index contributed by atoms with van der Waals surface area (Å²) in [6, 6.07) is 16.6. The molecular weight excluding hydrogens is 349 g/mol. The van der Waals surface area contributed by atoms with Crippen molar-refractivity contribution in [2.24, 2.45) is 11.0 Å². The number of esters is 1. The van der Waals surface area contributed by atoms with Gasteiger partial charge >= 0.3 is 12.1 Å². The fourth-order valence-electron chi connectivity index (χ4n) is 2.49. The molecule has 0 aromatic heterocycles. The molecule has 1 heterocycles. The van der Waals surface area contributed by atoms with Gasteiger partial charge in [-0.05, 0) is 17.7 Å². The van der Waals surface area contributed by atoms with Gasteiger partial charge < -0.3 is 4.74 Å². The Bertz CT molecular complexity index is 836. The maximum Gasteiger partial charge on any atom is 0.422 e. The Morgan fingerprint density at radius 2 is 1.62 bits per heavy atom. The van der Waals surface area contributed by atoms with Crippen LogP contribution >= 0.6 is 0 Å². The Morgan fingerprint density at radius 3 is 2.19 bits per heavy atom. The molecule has 3 rings (SSSR count). The summed E-state index contributed by atoms with van der Waals surface area (Å²) in [4.78, 5) is 24.9. The second-order valence-electron chi connectivity index (χ2n) is 5.49. The maximum atomic E-state index is 12.7. The summed E-state index contributed by atoms with van der Waals surface area (Å²) < 4.78 is 41.4. The quantitative estimate of drug-likeness (QED) is 0.620. The molecule has 1 aliphatic heterocycles. The number of amides is 1. The summed E-state index contributed by atoms with van der Waals surface area (Å²) in [7, 11) is 0. The highest BCUT2D eigenvalue weighted by molar-refractivity contribution is 6.30. The minimum atomic E-state index is -4.68. The fraction of sp³-hybridized carbons (Fsp3) is 0.167. The van der Waals surface area contributed by atoms with E-state index in [9.17, 15) is 22.8 Å². The van der Waals surface area contributed by atoms with E-state index in [0.717, 1.165) is 5.01 Å². The molecule has 5 nitrogen and oxygen atoms in total. The molecule has 0 N–H and O–H groups in total. The lowest BCUT2D eigenvalue weighted by Gasteiger charge is -2.14. The number of carbonyl (C=O) groups is 2. The number of rotatable bonds is 4. The van der Waals surface area contributed by atoms with Crippen LogP contribution in [0.5, 0.6) is 0 Å². The van der Waals surface area contributed by atoms with E-state index in [1.165, 1.54) is 0 Å². The van der Waals surface area contributed by atoms with Gasteiger partial charge in [-0.1, -0.05) is 48.5 Å². The summed E-state index contributed by atoms with van der Waals surface area (Å²) in [5, 5.41) is 5.18. The minimum Gasteiger partial charge on any atom is -0.455 e. The predicted molar refractivity (Wildman–Crippen MR) is 87.4 cm³/mol. The SMILES string of the molecule is O=C(OCC(F)(F)F)C1C(=O)N(c2ccccc2)N=C1c1ccccc1. The van der Waals surface area contributed by atoms with Gasteiger partial charge in [0.1, 0.15) is 0 Å². The van der Waals surface area contributed by atoms with Crippen LogP contribution in [-0.4, -0.2) is 30.4 Å². The number of ether oxygens (including phenoxy) is 1. The van der Waals surface area contributed by atoms with Crippen LogP contribution in [0.25, 0.3) is 0 Å². The molecular formula is C18H13F3N2O3. The van der Waals surface area contributed by atoms with E-state index >= 15 is 0 Å². The van der Waals surface area contributed by atoms with Crippen LogP contribution in [0, 0.1) is 5.92 Å². The molecule has 2 aromatic carbocycles. The molecule has 0 spiro atoms. The first-order valence-corrected chi connectivity index (χ1v) is 7.63. The third-order valence-corrected chi connectivity index (χ3v) is 3.62. The van der Waals surface area contributed by atoms with Crippen LogP contribution in [-0.2, 0) is 14.3 Å². The van der Waals surface area contributed by atoms with Crippen LogP contribution in [0.15, 0.2) is 65.8 Å². The highest BCUT2D eigenvalue weighted by atomic mass is 19.4. The fourth-order valence-corrected chi connectivity index (χ4v) is 2.49. The smallest absolute Gasteiger partial charge is 0.422 e. The highest BCUT2D eigenvalue weighted by Gasteiger charge is 2.44. The molecule has 1 unspecified atom stereocenters. The van der Waals surface area contributed by atoms with E-state index in [-0.39, 0.29) is 5.71 Å². The summed E-state index contributed by atoms with van der Waals surface area (Å²) in [6.07, 6.45) is -4.68. The van der Waals surface area contributed by atoms with Gasteiger partial charge in [0, 0.05) is 0 Å². The van der Waals surface area contributed by atoms with Gasteiger partial charge in [-0.15, -0.1) is 0 Å². The van der Waals surface area contributed by atoms with Crippen LogP contribution in [0.1, 0.15) is 5.56 Å². The van der Waals surface area contributed by atoms with E-state index in [0.29, 0.717) is 11.3 Å². The number of anilines is 1. The number of hydrazone groups is 1. The monoisotopic (exact) mass is 362 g/mol. The third kappa shape index (κ3) is 3.74. The van der Waals surface area contributed by atoms with Crippen molar-refractivity contribution in [2.45, 2.75) is 6.18 Å². The highest BCUT2D eigenvalue weighted by Crippen LogP contribution is 2.28. The molecule has 1 amide bonds. The number of carbonyl (C=O) groups excluding carboxylic acids is 2. The van der Waals surface area contributed by atoms with Gasteiger partial charge in [0.2, 0.25) is 0 Å². The number of nitrogens with zero attached hydrogens (tertiary/aromatic N) is 2. The second-order valence-corrected chi connectivity index (χ2v) is 5.49. The molecule has 8 heteroatoms. The number of hydrogen-bond donors (Lipinski definition) is 0. The predicted octanol–water partition coefficient (Wildman–Crippen LogP) is 3.16. The molecule has 1 atom stereocenters. The molecule has 0 aliphatic carbocycles.